The molecule has 3 heterocycles. The highest BCUT2D eigenvalue weighted by Crippen LogP contribution is 2.89. The summed E-state index contributed by atoms with van der Waals surface area (Å²) < 4.78 is 37.6. The van der Waals surface area contributed by atoms with Gasteiger partial charge in [0.15, 0.2) is 12.4 Å². The zero-order valence-electron chi connectivity index (χ0n) is 31.7. The van der Waals surface area contributed by atoms with Crippen molar-refractivity contribution in [1.82, 2.24) is 0 Å². The molecule has 6 saturated carbocycles. The first kappa shape index (κ1) is 35.4. The van der Waals surface area contributed by atoms with Crippen LogP contribution < -0.4 is 0 Å². The van der Waals surface area contributed by atoms with E-state index >= 15 is 0 Å². The second-order valence-electron chi connectivity index (χ2n) is 20.0. The fourth-order valence-corrected chi connectivity index (χ4v) is 15.6. The van der Waals surface area contributed by atoms with Gasteiger partial charge in [0.05, 0.1) is 24.9 Å². The smallest absolute Gasteiger partial charge is 0.303 e. The molecule has 3 N–H and O–H groups in total. The van der Waals surface area contributed by atoms with Crippen LogP contribution in [-0.4, -0.2) is 100 Å². The first-order valence-corrected chi connectivity index (χ1v) is 19.8. The molecule has 9 fully saturated rings. The number of aliphatic hydroxyl groups is 3. The summed E-state index contributed by atoms with van der Waals surface area (Å²) in [5, 5.41) is 32.5. The maximum Gasteiger partial charge on any atom is 0.303 e. The van der Waals surface area contributed by atoms with E-state index in [2.05, 4.69) is 34.6 Å². The van der Waals surface area contributed by atoms with Gasteiger partial charge in [-0.05, 0) is 104 Å². The van der Waals surface area contributed by atoms with Gasteiger partial charge >= 0.3 is 11.9 Å². The van der Waals surface area contributed by atoms with Crippen molar-refractivity contribution in [2.75, 3.05) is 6.61 Å². The van der Waals surface area contributed by atoms with Crippen LogP contribution in [0.2, 0.25) is 0 Å². The monoisotopic (exact) mass is 716 g/mol. The third-order valence-electron chi connectivity index (χ3n) is 17.6. The number of epoxide rings is 1. The molecule has 0 amide bonds. The molecule has 0 unspecified atom stereocenters. The second kappa shape index (κ2) is 10.7. The number of carbonyl (C=O) groups is 2. The summed E-state index contributed by atoms with van der Waals surface area (Å²) in [6.45, 7) is 16.6. The molecule has 6 aliphatic carbocycles. The predicted molar refractivity (Wildman–Crippen MR) is 181 cm³/mol. The van der Waals surface area contributed by atoms with Crippen molar-refractivity contribution in [2.45, 2.75) is 180 Å². The molecule has 3 saturated heterocycles. The molecule has 0 aromatic heterocycles. The first-order chi connectivity index (χ1) is 23.8. The molecule has 286 valence electrons. The van der Waals surface area contributed by atoms with Crippen LogP contribution in [-0.2, 0) is 38.0 Å². The van der Waals surface area contributed by atoms with E-state index in [-0.39, 0.29) is 70.0 Å². The third kappa shape index (κ3) is 4.32. The SMILES string of the molecule is CC(=O)O[C@@H]1[C@@H](O)[C@H](O[C@H]2CC[C@]34C[C@]35C[C@@H](OC(C)=O)[C@]3(C)[C@H]6[C@H](C)C[C@]7(C[C@H](O)[C@@]8(C)O[C@@H]78)O[C@H]6C[C@@]3(C)[C@@H]5CC[C@H]4C2(C)C)OC[C@H]1O. The Hall–Kier alpha value is -1.34. The number of hydrogen-bond donors (Lipinski definition) is 3. The van der Waals surface area contributed by atoms with Crippen LogP contribution in [0.25, 0.3) is 0 Å². The number of carbonyl (C=O) groups excluding carboxylic acids is 2. The summed E-state index contributed by atoms with van der Waals surface area (Å²) in [6, 6.07) is 0. The van der Waals surface area contributed by atoms with Crippen LogP contribution in [0.1, 0.15) is 113 Å². The zero-order chi connectivity index (χ0) is 36.5. The van der Waals surface area contributed by atoms with Gasteiger partial charge in [-0.1, -0.05) is 34.6 Å². The average Bonchev–Trinajstić information content (AvgIpc) is 3.87. The largest absolute Gasteiger partial charge is 0.462 e. The van der Waals surface area contributed by atoms with Gasteiger partial charge in [0.25, 0.3) is 0 Å². The Morgan fingerprint density at radius 1 is 0.804 bits per heavy atom. The maximum absolute atomic E-state index is 12.9. The Morgan fingerprint density at radius 2 is 1.51 bits per heavy atom. The molecule has 3 spiro atoms. The van der Waals surface area contributed by atoms with Crippen LogP contribution in [0.15, 0.2) is 0 Å². The molecule has 0 radical (unpaired) electrons. The van der Waals surface area contributed by atoms with Crippen molar-refractivity contribution < 1.29 is 53.3 Å². The Labute approximate surface area is 301 Å². The second-order valence-corrected chi connectivity index (χ2v) is 20.0. The van der Waals surface area contributed by atoms with E-state index in [4.69, 9.17) is 28.4 Å². The van der Waals surface area contributed by atoms with Gasteiger partial charge < -0.3 is 43.7 Å². The van der Waals surface area contributed by atoms with Crippen LogP contribution in [0.4, 0.5) is 0 Å². The quantitative estimate of drug-likeness (QED) is 0.219. The number of rotatable bonds is 4. The molecule has 11 heteroatoms. The van der Waals surface area contributed by atoms with Crippen LogP contribution in [0.3, 0.4) is 0 Å². The minimum absolute atomic E-state index is 0.0138. The Bertz CT molecular complexity index is 1500. The predicted octanol–water partition coefficient (Wildman–Crippen LogP) is 4.06. The molecule has 0 bridgehead atoms. The van der Waals surface area contributed by atoms with Crippen LogP contribution in [0.5, 0.6) is 0 Å². The lowest BCUT2D eigenvalue weighted by atomic mass is 9.41. The molecule has 9 rings (SSSR count). The van der Waals surface area contributed by atoms with E-state index in [9.17, 15) is 24.9 Å². The number of fused-ring (bicyclic) bond motifs is 6. The van der Waals surface area contributed by atoms with Crippen molar-refractivity contribution >= 4 is 11.9 Å². The van der Waals surface area contributed by atoms with E-state index in [1.165, 1.54) is 6.92 Å². The van der Waals surface area contributed by atoms with Gasteiger partial charge in [-0.25, -0.2) is 0 Å². The lowest BCUT2D eigenvalue weighted by Crippen LogP contribution is -2.64. The molecule has 51 heavy (non-hydrogen) atoms. The van der Waals surface area contributed by atoms with Crippen LogP contribution >= 0.6 is 0 Å². The minimum atomic E-state index is -1.30. The van der Waals surface area contributed by atoms with Crippen molar-refractivity contribution in [3.05, 3.63) is 0 Å². The Balaban J connectivity index is 1.01. The van der Waals surface area contributed by atoms with Crippen molar-refractivity contribution in [1.29, 1.82) is 0 Å². The summed E-state index contributed by atoms with van der Waals surface area (Å²) in [5.74, 6) is 0.617. The van der Waals surface area contributed by atoms with Gasteiger partial charge in [0.2, 0.25) is 0 Å². The normalized spacial score (nSPS) is 60.1. The van der Waals surface area contributed by atoms with E-state index in [1.807, 2.05) is 6.92 Å². The van der Waals surface area contributed by atoms with Gasteiger partial charge in [-0.15, -0.1) is 0 Å². The van der Waals surface area contributed by atoms with Gasteiger partial charge in [0.1, 0.15) is 35.6 Å². The topological polar surface area (TPSA) is 154 Å². The van der Waals surface area contributed by atoms with Gasteiger partial charge in [0, 0.05) is 25.7 Å². The minimum Gasteiger partial charge on any atom is -0.462 e. The van der Waals surface area contributed by atoms with E-state index in [1.54, 1.807) is 6.92 Å². The number of esters is 2. The molecular formula is C40H60O11. The van der Waals surface area contributed by atoms with Crippen molar-refractivity contribution in [2.24, 2.45) is 50.7 Å². The van der Waals surface area contributed by atoms with E-state index in [0.29, 0.717) is 24.2 Å². The standard InChI is InChI=1S/C40H60O11/c1-19-13-40(15-26(44)37(8)33(40)51-37)50-23-14-35(6)25-10-9-24-34(4,5)27(49-32-30(45)31(48-21(3)42)22(43)17-46-32)11-12-38(24)18-39(25,38)16-28(47-20(2)41)36(35,7)29(19)23/h19,22-33,43-45H,9-18H2,1-8H3/t19-,22-,23+,24+,25+,26+,27+,28-,29+,30-,31+,32+,33-,35+,36-,37-,38-,39+,40-/m1/s1. The fourth-order valence-electron chi connectivity index (χ4n) is 15.6. The highest BCUT2D eigenvalue weighted by Gasteiger charge is 2.86. The Morgan fingerprint density at radius 3 is 2.16 bits per heavy atom. The van der Waals surface area contributed by atoms with Crippen molar-refractivity contribution in [3.63, 3.8) is 0 Å². The zero-order valence-corrected chi connectivity index (χ0v) is 31.7. The lowest BCUT2D eigenvalue weighted by Gasteiger charge is -2.65. The molecule has 11 nitrogen and oxygen atoms in total. The number of aliphatic hydroxyl groups excluding tert-OH is 3. The molecule has 0 aromatic carbocycles. The third-order valence-corrected chi connectivity index (χ3v) is 17.6. The summed E-state index contributed by atoms with van der Waals surface area (Å²) in [6.07, 6.45) is 2.82. The summed E-state index contributed by atoms with van der Waals surface area (Å²) in [7, 11) is 0. The van der Waals surface area contributed by atoms with Crippen molar-refractivity contribution in [3.8, 4) is 0 Å². The van der Waals surface area contributed by atoms with Crippen LogP contribution in [0, 0.1) is 50.7 Å². The number of hydrogen-bond acceptors (Lipinski definition) is 11. The maximum atomic E-state index is 12.9. The Kier molecular flexibility index (Phi) is 7.42. The van der Waals surface area contributed by atoms with E-state index in [0.717, 1.165) is 51.4 Å². The van der Waals surface area contributed by atoms with Gasteiger partial charge in [-0.2, -0.15) is 0 Å². The summed E-state index contributed by atoms with van der Waals surface area (Å²) >= 11 is 0. The summed E-state index contributed by atoms with van der Waals surface area (Å²) in [4.78, 5) is 24.7. The molecule has 19 atom stereocenters. The highest BCUT2D eigenvalue weighted by molar-refractivity contribution is 5.66. The lowest BCUT2D eigenvalue weighted by molar-refractivity contribution is -0.305. The average molecular weight is 717 g/mol. The number of ether oxygens (including phenoxy) is 6. The highest BCUT2D eigenvalue weighted by atomic mass is 16.7. The summed E-state index contributed by atoms with van der Waals surface area (Å²) in [5.41, 5.74) is -1.42. The first-order valence-electron chi connectivity index (χ1n) is 19.8. The fraction of sp³-hybridized carbons (Fsp3) is 0.950. The van der Waals surface area contributed by atoms with E-state index < -0.39 is 47.9 Å². The molecule has 3 aliphatic heterocycles. The molecular weight excluding hydrogens is 656 g/mol. The molecule has 9 aliphatic rings. The molecule has 0 aromatic rings. The van der Waals surface area contributed by atoms with Gasteiger partial charge in [-0.3, -0.25) is 9.59 Å².